The molecule has 0 atom stereocenters. The molecule has 0 radical (unpaired) electrons. The van der Waals surface area contributed by atoms with Crippen molar-refractivity contribution in [1.29, 1.82) is 0 Å². The van der Waals surface area contributed by atoms with Crippen LogP contribution in [-0.4, -0.2) is 21.2 Å². The fraction of sp³-hybridized carbons (Fsp3) is 0.0435. The monoisotopic (exact) mass is 417 g/mol. The summed E-state index contributed by atoms with van der Waals surface area (Å²) in [5, 5.41) is 22.9. The molecular weight excluding hydrogens is 402 g/mol. The van der Waals surface area contributed by atoms with Crippen LogP contribution in [0.5, 0.6) is 23.0 Å². The van der Waals surface area contributed by atoms with Crippen LogP contribution in [0.4, 0.5) is 5.69 Å². The molecule has 3 aromatic carbocycles. The van der Waals surface area contributed by atoms with Crippen molar-refractivity contribution in [1.82, 2.24) is 0 Å². The molecule has 0 unspecified atom stereocenters. The summed E-state index contributed by atoms with van der Waals surface area (Å²) < 4.78 is 12.0. The number of carbonyl (C=O) groups is 1. The van der Waals surface area contributed by atoms with Crippen molar-refractivity contribution in [2.75, 3.05) is 5.32 Å². The summed E-state index contributed by atoms with van der Waals surface area (Å²) in [5.41, 5.74) is 1.28. The summed E-state index contributed by atoms with van der Waals surface area (Å²) in [6.07, 6.45) is 1.48. The normalized spacial score (nSPS) is 14.7. The summed E-state index contributed by atoms with van der Waals surface area (Å²) in [5.74, 6) is 0.134. The van der Waals surface area contributed by atoms with Crippen molar-refractivity contribution in [2.45, 2.75) is 5.60 Å². The fourth-order valence-corrected chi connectivity index (χ4v) is 4.14. The smallest absolute Gasteiger partial charge is 0.342 e. The molecule has 0 saturated heterocycles. The third-order valence-corrected chi connectivity index (χ3v) is 5.51. The molecule has 0 aromatic heterocycles. The van der Waals surface area contributed by atoms with Gasteiger partial charge in [-0.15, -0.1) is 0 Å². The molecule has 0 aliphatic carbocycles. The highest BCUT2D eigenvalue weighted by molar-refractivity contribution is 7.81. The van der Waals surface area contributed by atoms with Gasteiger partial charge in [-0.3, -0.25) is 0 Å². The van der Waals surface area contributed by atoms with Gasteiger partial charge in [0.2, 0.25) is 0 Å². The SMILES string of the molecule is C=CC(=S)Nc1cccc2c1C(=O)OC21c2ccc(O)cc2Oc2cc(O)ccc21. The number of hydrogen-bond donors (Lipinski definition) is 3. The minimum absolute atomic E-state index is 0.00352. The molecule has 0 amide bonds. The van der Waals surface area contributed by atoms with Gasteiger partial charge in [-0.1, -0.05) is 30.9 Å². The molecule has 148 valence electrons. The van der Waals surface area contributed by atoms with Crippen molar-refractivity contribution >= 4 is 28.9 Å². The third kappa shape index (κ3) is 2.42. The third-order valence-electron chi connectivity index (χ3n) is 5.25. The second-order valence-electron chi connectivity index (χ2n) is 6.96. The molecule has 0 bridgehead atoms. The van der Waals surface area contributed by atoms with Crippen LogP contribution in [0, 0.1) is 0 Å². The minimum Gasteiger partial charge on any atom is -0.508 e. The van der Waals surface area contributed by atoms with Crippen molar-refractivity contribution < 1.29 is 24.5 Å². The van der Waals surface area contributed by atoms with Crippen molar-refractivity contribution in [3.63, 3.8) is 0 Å². The highest BCUT2D eigenvalue weighted by Crippen LogP contribution is 2.57. The molecule has 0 saturated carbocycles. The average Bonchev–Trinajstić information content (AvgIpc) is 3.01. The summed E-state index contributed by atoms with van der Waals surface area (Å²) in [7, 11) is 0. The second kappa shape index (κ2) is 6.33. The van der Waals surface area contributed by atoms with Crippen molar-refractivity contribution in [3.05, 3.63) is 89.5 Å². The number of hydrogen-bond acceptors (Lipinski definition) is 6. The molecule has 3 aromatic rings. The van der Waals surface area contributed by atoms with Gasteiger partial charge in [0.05, 0.1) is 11.3 Å². The number of benzene rings is 3. The number of nitrogens with one attached hydrogen (secondary N) is 1. The van der Waals surface area contributed by atoms with Crippen molar-refractivity contribution in [2.24, 2.45) is 0 Å². The topological polar surface area (TPSA) is 88.0 Å². The van der Waals surface area contributed by atoms with Gasteiger partial charge < -0.3 is 25.0 Å². The maximum Gasteiger partial charge on any atom is 0.342 e. The van der Waals surface area contributed by atoms with Gasteiger partial charge in [0.15, 0.2) is 5.60 Å². The lowest BCUT2D eigenvalue weighted by Gasteiger charge is -2.36. The molecular formula is C23H15NO5S. The Hall–Kier alpha value is -3.84. The van der Waals surface area contributed by atoms with E-state index < -0.39 is 11.6 Å². The molecule has 7 heteroatoms. The van der Waals surface area contributed by atoms with E-state index in [1.54, 1.807) is 30.3 Å². The first kappa shape index (κ1) is 18.2. The number of ether oxygens (including phenoxy) is 2. The Morgan fingerprint density at radius 3 is 2.23 bits per heavy atom. The molecule has 1 spiro atoms. The van der Waals surface area contributed by atoms with E-state index >= 15 is 0 Å². The lowest BCUT2D eigenvalue weighted by Crippen LogP contribution is -2.32. The summed E-state index contributed by atoms with van der Waals surface area (Å²) in [6, 6.07) is 14.6. The first-order valence-electron chi connectivity index (χ1n) is 9.09. The van der Waals surface area contributed by atoms with Gasteiger partial charge >= 0.3 is 5.97 Å². The standard InChI is InChI=1S/C23H15NO5S/c1-2-20(30)24-17-5-3-4-16-21(17)22(27)29-23(16)14-8-6-12(25)10-18(14)28-19-11-13(26)7-9-15(19)23/h2-11,25-26H,1H2,(H,24,30). The number of phenolic OH excluding ortho intramolecular Hbond substituents is 2. The van der Waals surface area contributed by atoms with Crippen LogP contribution >= 0.6 is 12.2 Å². The Morgan fingerprint density at radius 1 is 1.00 bits per heavy atom. The Bertz CT molecular complexity index is 1210. The number of phenols is 2. The van der Waals surface area contributed by atoms with Gasteiger partial charge in [-0.05, 0) is 36.4 Å². The number of carbonyl (C=O) groups excluding carboxylic acids is 1. The van der Waals surface area contributed by atoms with Gasteiger partial charge in [-0.2, -0.15) is 0 Å². The van der Waals surface area contributed by atoms with Crippen LogP contribution in [-0.2, 0) is 10.3 Å². The molecule has 2 heterocycles. The highest BCUT2D eigenvalue weighted by atomic mass is 32.1. The number of thiocarbonyl (C=S) groups is 1. The summed E-state index contributed by atoms with van der Waals surface area (Å²) >= 11 is 5.19. The molecule has 6 nitrogen and oxygen atoms in total. The van der Waals surface area contributed by atoms with E-state index in [1.165, 1.54) is 30.3 Å². The van der Waals surface area contributed by atoms with Crippen LogP contribution < -0.4 is 10.1 Å². The molecule has 0 fully saturated rings. The Kier molecular flexibility index (Phi) is 3.84. The quantitative estimate of drug-likeness (QED) is 0.319. The first-order valence-corrected chi connectivity index (χ1v) is 9.50. The van der Waals surface area contributed by atoms with Crippen LogP contribution in [0.2, 0.25) is 0 Å². The number of esters is 1. The zero-order valence-corrected chi connectivity index (χ0v) is 16.3. The van der Waals surface area contributed by atoms with E-state index in [2.05, 4.69) is 11.9 Å². The lowest BCUT2D eigenvalue weighted by atomic mass is 9.77. The minimum atomic E-state index is -1.30. The van der Waals surface area contributed by atoms with E-state index in [-0.39, 0.29) is 11.5 Å². The number of fused-ring (bicyclic) bond motifs is 6. The van der Waals surface area contributed by atoms with Crippen LogP contribution in [0.15, 0.2) is 67.3 Å². The zero-order valence-electron chi connectivity index (χ0n) is 15.5. The maximum absolute atomic E-state index is 13.1. The Morgan fingerprint density at radius 2 is 1.63 bits per heavy atom. The van der Waals surface area contributed by atoms with E-state index in [1.807, 2.05) is 0 Å². The largest absolute Gasteiger partial charge is 0.508 e. The molecule has 2 aliphatic rings. The van der Waals surface area contributed by atoms with Gasteiger partial charge in [0.1, 0.15) is 28.0 Å². The number of rotatable bonds is 2. The Labute approximate surface area is 177 Å². The first-order chi connectivity index (χ1) is 14.4. The fourth-order valence-electron chi connectivity index (χ4n) is 4.03. The van der Waals surface area contributed by atoms with Gasteiger partial charge in [0, 0.05) is 28.8 Å². The van der Waals surface area contributed by atoms with Crippen LogP contribution in [0.25, 0.3) is 0 Å². The van der Waals surface area contributed by atoms with Crippen LogP contribution in [0.1, 0.15) is 27.0 Å². The highest BCUT2D eigenvalue weighted by Gasteiger charge is 2.54. The van der Waals surface area contributed by atoms with Crippen LogP contribution in [0.3, 0.4) is 0 Å². The van der Waals surface area contributed by atoms with Gasteiger partial charge in [-0.25, -0.2) is 4.79 Å². The lowest BCUT2D eigenvalue weighted by molar-refractivity contribution is 0.0224. The summed E-state index contributed by atoms with van der Waals surface area (Å²) in [4.78, 5) is 13.5. The van der Waals surface area contributed by atoms with Gasteiger partial charge in [0.25, 0.3) is 0 Å². The average molecular weight is 417 g/mol. The Balaban J connectivity index is 1.83. The second-order valence-corrected chi connectivity index (χ2v) is 7.40. The van der Waals surface area contributed by atoms with E-state index in [0.29, 0.717) is 44.4 Å². The molecule has 2 aliphatic heterocycles. The number of aromatic hydroxyl groups is 2. The van der Waals surface area contributed by atoms with Crippen molar-refractivity contribution in [3.8, 4) is 23.0 Å². The predicted octanol–water partition coefficient (Wildman–Crippen LogP) is 4.59. The molecule has 30 heavy (non-hydrogen) atoms. The van der Waals surface area contributed by atoms with E-state index in [9.17, 15) is 15.0 Å². The maximum atomic E-state index is 13.1. The predicted molar refractivity (Wildman–Crippen MR) is 114 cm³/mol. The van der Waals surface area contributed by atoms with E-state index in [0.717, 1.165) is 0 Å². The molecule has 5 rings (SSSR count). The molecule has 3 N–H and O–H groups in total. The summed E-state index contributed by atoms with van der Waals surface area (Å²) in [6.45, 7) is 3.64. The number of anilines is 1. The zero-order chi connectivity index (χ0) is 21.0. The van der Waals surface area contributed by atoms with E-state index in [4.69, 9.17) is 21.7 Å².